The number of hydrogen-bond acceptors (Lipinski definition) is 2. The van der Waals surface area contributed by atoms with E-state index >= 15 is 0 Å². The normalized spacial score (nSPS) is 25.1. The molecule has 25 heavy (non-hydrogen) atoms. The standard InChI is InChI=1S/C12H2B10ClNO/c13-2-1(7(23)5(16)4(15)3(2)14)10(24)9(25)6(17)8(18)11(19,20)12(10,21)22/h24H2. The first kappa shape index (κ1) is 20.8. The highest BCUT2D eigenvalue weighted by molar-refractivity contribution is 6.67. The van der Waals surface area contributed by atoms with Gasteiger partial charge >= 0.3 is 0 Å². The first-order chi connectivity index (χ1) is 11.2. The van der Waals surface area contributed by atoms with Crippen molar-refractivity contribution in [2.24, 2.45) is 5.73 Å². The Labute approximate surface area is 165 Å². The summed E-state index contributed by atoms with van der Waals surface area (Å²) in [5, 5.41) is -4.86. The summed E-state index contributed by atoms with van der Waals surface area (Å²) in [7, 11) is 58.8. The van der Waals surface area contributed by atoms with E-state index in [4.69, 9.17) is 95.8 Å². The van der Waals surface area contributed by atoms with Crippen LogP contribution in [-0.4, -0.2) is 84.2 Å². The Balaban J connectivity index is 3.04. The summed E-state index contributed by atoms with van der Waals surface area (Å²) >= 11 is 6.21. The number of carbonyl (C=O) groups is 1. The summed E-state index contributed by atoms with van der Waals surface area (Å²) < 4.78 is 0. The van der Waals surface area contributed by atoms with E-state index in [9.17, 15) is 4.79 Å². The molecule has 0 heterocycles. The molecule has 0 aromatic heterocycles. The third-order valence-corrected chi connectivity index (χ3v) is 5.06. The second kappa shape index (κ2) is 6.02. The minimum atomic E-state index is -2.40. The number of Topliss-reactive ketones (excluding diaryl/α,β-unsaturated/α-hetero) is 1. The fourth-order valence-electron chi connectivity index (χ4n) is 2.80. The van der Waals surface area contributed by atoms with Crippen molar-refractivity contribution in [2.45, 2.75) is 16.0 Å². The molecular weight excluding hydrogens is 318 g/mol. The van der Waals surface area contributed by atoms with Gasteiger partial charge in [0.1, 0.15) is 47.1 Å². The van der Waals surface area contributed by atoms with Gasteiger partial charge in [-0.25, -0.2) is 0 Å². The maximum Gasteiger partial charge on any atom is 0.171 e. The molecule has 2 rings (SSSR count). The molecule has 0 bridgehead atoms. The van der Waals surface area contributed by atoms with E-state index < -0.39 is 32.7 Å². The molecule has 0 fully saturated rings. The Kier molecular flexibility index (Phi) is 5.02. The maximum absolute atomic E-state index is 12.9. The molecule has 20 radical (unpaired) electrons. The van der Waals surface area contributed by atoms with E-state index in [1.54, 1.807) is 0 Å². The van der Waals surface area contributed by atoms with Gasteiger partial charge in [-0.15, -0.1) is 16.4 Å². The van der Waals surface area contributed by atoms with Crippen molar-refractivity contribution < 1.29 is 4.79 Å². The zero-order valence-corrected chi connectivity index (χ0v) is 13.9. The minimum absolute atomic E-state index is 0.104. The number of carbonyl (C=O) groups excluding carboxylic acids is 1. The van der Waals surface area contributed by atoms with Crippen molar-refractivity contribution in [2.75, 3.05) is 0 Å². The van der Waals surface area contributed by atoms with Crippen LogP contribution >= 0.6 is 11.6 Å². The summed E-state index contributed by atoms with van der Waals surface area (Å²) in [5.41, 5.74) is 1.87. The lowest BCUT2D eigenvalue weighted by Gasteiger charge is -2.60. The predicted octanol–water partition coefficient (Wildman–Crippen LogP) is -5.29. The molecule has 2 nitrogen and oxygen atoms in total. The minimum Gasteiger partial charge on any atom is -0.316 e. The first-order valence-corrected chi connectivity index (χ1v) is 7.20. The second-order valence-electron chi connectivity index (χ2n) is 6.05. The predicted molar refractivity (Wildman–Crippen MR) is 111 cm³/mol. The van der Waals surface area contributed by atoms with Crippen molar-refractivity contribution in [1.29, 1.82) is 0 Å². The molecule has 1 atom stereocenters. The lowest BCUT2D eigenvalue weighted by Crippen LogP contribution is -2.67. The SMILES string of the molecule is [B]C1=C([B])C([B])([B])C([B])([B])C(N)(c2c([B])c([B])c([B])c([B])c2Cl)C1=O. The van der Waals surface area contributed by atoms with Crippen LogP contribution in [0.15, 0.2) is 10.9 Å². The molecule has 98 valence electrons. The number of allylic oxidation sites excluding steroid dienone is 1. The summed E-state index contributed by atoms with van der Waals surface area (Å²) in [6.07, 6.45) is 0. The fraction of sp³-hybridized carbons (Fsp3) is 0.250. The molecule has 13 heteroatoms. The summed E-state index contributed by atoms with van der Waals surface area (Å²) in [6.45, 7) is 0. The zero-order valence-electron chi connectivity index (χ0n) is 13.1. The van der Waals surface area contributed by atoms with Crippen LogP contribution < -0.4 is 27.6 Å². The molecule has 0 aliphatic heterocycles. The van der Waals surface area contributed by atoms with Gasteiger partial charge in [-0.2, -0.15) is 0 Å². The Morgan fingerprint density at radius 2 is 1.24 bits per heavy atom. The van der Waals surface area contributed by atoms with E-state index in [2.05, 4.69) is 0 Å². The Bertz CT molecular complexity index is 807. The van der Waals surface area contributed by atoms with Crippen molar-refractivity contribution in [3.8, 4) is 0 Å². The molecular formula is C12H2B10ClNO. The molecule has 1 aromatic carbocycles. The van der Waals surface area contributed by atoms with Gasteiger partial charge < -0.3 is 5.73 Å². The highest BCUT2D eigenvalue weighted by Gasteiger charge is 2.58. The van der Waals surface area contributed by atoms with Crippen LogP contribution in [0, 0.1) is 0 Å². The fourth-order valence-corrected chi connectivity index (χ4v) is 3.15. The molecule has 1 aromatic rings. The van der Waals surface area contributed by atoms with Gasteiger partial charge in [0, 0.05) is 5.02 Å². The van der Waals surface area contributed by atoms with E-state index in [1.807, 2.05) is 0 Å². The first-order valence-electron chi connectivity index (χ1n) is 6.82. The number of halogens is 1. The number of hydrogen-bond donors (Lipinski definition) is 1. The van der Waals surface area contributed by atoms with Gasteiger partial charge in [-0.1, -0.05) is 38.4 Å². The lowest BCUT2D eigenvalue weighted by molar-refractivity contribution is -0.121. The molecule has 1 aliphatic rings. The molecule has 0 amide bonds. The van der Waals surface area contributed by atoms with E-state index in [1.165, 1.54) is 0 Å². The van der Waals surface area contributed by atoms with Crippen LogP contribution in [0.2, 0.25) is 15.5 Å². The highest BCUT2D eigenvalue weighted by atomic mass is 35.5. The van der Waals surface area contributed by atoms with Gasteiger partial charge in [0.25, 0.3) is 0 Å². The van der Waals surface area contributed by atoms with Crippen LogP contribution in [0.4, 0.5) is 0 Å². The highest BCUT2D eigenvalue weighted by Crippen LogP contribution is 2.60. The number of benzene rings is 1. The van der Waals surface area contributed by atoms with Crippen LogP contribution in [0.1, 0.15) is 5.56 Å². The van der Waals surface area contributed by atoms with E-state index in [0.717, 1.165) is 0 Å². The Hall–Kier alpha value is -0.471. The van der Waals surface area contributed by atoms with Gasteiger partial charge in [0.15, 0.2) is 5.78 Å². The zero-order chi connectivity index (χ0) is 19.7. The molecule has 0 saturated carbocycles. The topological polar surface area (TPSA) is 43.1 Å². The Morgan fingerprint density at radius 3 is 1.72 bits per heavy atom. The maximum atomic E-state index is 12.9. The largest absolute Gasteiger partial charge is 0.316 e. The van der Waals surface area contributed by atoms with Gasteiger partial charge in [0.2, 0.25) is 0 Å². The summed E-state index contributed by atoms with van der Waals surface area (Å²) in [6, 6.07) is 0. The van der Waals surface area contributed by atoms with Gasteiger partial charge in [-0.05, 0) is 5.56 Å². The number of nitrogens with two attached hydrogens (primary N) is 1. The molecule has 0 spiro atoms. The average Bonchev–Trinajstić information content (AvgIpc) is 2.54. The molecule has 1 unspecified atom stereocenters. The monoisotopic (exact) mass is 321 g/mol. The van der Waals surface area contributed by atoms with Crippen LogP contribution in [0.25, 0.3) is 0 Å². The summed E-state index contributed by atoms with van der Waals surface area (Å²) in [5.74, 6) is -1.00. The van der Waals surface area contributed by atoms with Gasteiger partial charge in [-0.3, -0.25) is 4.79 Å². The molecule has 1 aliphatic carbocycles. The smallest absolute Gasteiger partial charge is 0.171 e. The lowest BCUT2D eigenvalue weighted by atomic mass is 9.19. The molecule has 2 N–H and O–H groups in total. The number of rotatable bonds is 1. The van der Waals surface area contributed by atoms with Crippen molar-refractivity contribution >= 4 is 118 Å². The van der Waals surface area contributed by atoms with E-state index in [0.29, 0.717) is 0 Å². The van der Waals surface area contributed by atoms with Crippen LogP contribution in [-0.2, 0) is 10.3 Å². The second-order valence-corrected chi connectivity index (χ2v) is 6.42. The quantitative estimate of drug-likeness (QED) is 0.526. The van der Waals surface area contributed by atoms with Crippen molar-refractivity contribution in [1.82, 2.24) is 0 Å². The van der Waals surface area contributed by atoms with E-state index in [-0.39, 0.29) is 32.4 Å². The van der Waals surface area contributed by atoms with Crippen molar-refractivity contribution in [3.63, 3.8) is 0 Å². The van der Waals surface area contributed by atoms with Crippen LogP contribution in [0.5, 0.6) is 0 Å². The summed E-state index contributed by atoms with van der Waals surface area (Å²) in [4.78, 5) is 12.9. The third kappa shape index (κ3) is 2.39. The average molecular weight is 320 g/mol. The Morgan fingerprint density at radius 1 is 0.800 bits per heavy atom. The molecule has 0 saturated heterocycles. The number of ketones is 1. The van der Waals surface area contributed by atoms with Gasteiger partial charge in [0.05, 0.1) is 36.9 Å². The third-order valence-electron chi connectivity index (χ3n) is 4.67. The van der Waals surface area contributed by atoms with Crippen molar-refractivity contribution in [3.05, 3.63) is 21.5 Å². The van der Waals surface area contributed by atoms with Crippen LogP contribution in [0.3, 0.4) is 0 Å².